The van der Waals surface area contributed by atoms with Crippen LogP contribution in [0.25, 0.3) is 33.1 Å². The summed E-state index contributed by atoms with van der Waals surface area (Å²) in [6.45, 7) is 3.61. The molecule has 1 saturated heterocycles. The molecule has 0 N–H and O–H groups in total. The van der Waals surface area contributed by atoms with E-state index in [4.69, 9.17) is 4.98 Å². The highest BCUT2D eigenvalue weighted by Crippen LogP contribution is 2.35. The first-order valence-corrected chi connectivity index (χ1v) is 14.6. The summed E-state index contributed by atoms with van der Waals surface area (Å²) < 4.78 is 18.3. The van der Waals surface area contributed by atoms with Crippen molar-refractivity contribution in [3.63, 3.8) is 0 Å². The summed E-state index contributed by atoms with van der Waals surface area (Å²) in [6, 6.07) is 31.6. The topological polar surface area (TPSA) is 43.1 Å². The molecule has 42 heavy (non-hydrogen) atoms. The molecule has 210 valence electrons. The minimum atomic E-state index is -0.259. The van der Waals surface area contributed by atoms with Crippen molar-refractivity contribution in [1.82, 2.24) is 19.0 Å². The number of halogens is 1. The molecule has 2 aromatic heterocycles. The molecule has 4 aromatic carbocycles. The Kier molecular flexibility index (Phi) is 6.62. The van der Waals surface area contributed by atoms with Crippen LogP contribution in [0, 0.1) is 5.82 Å². The number of rotatable bonds is 5. The summed E-state index contributed by atoms with van der Waals surface area (Å²) in [5, 5.41) is 1.00. The number of hydrogen-bond acceptors (Lipinski definition) is 2. The number of benzene rings is 4. The second kappa shape index (κ2) is 10.6. The zero-order chi connectivity index (χ0) is 28.8. The van der Waals surface area contributed by atoms with Crippen molar-refractivity contribution in [3.8, 4) is 11.1 Å². The van der Waals surface area contributed by atoms with Gasteiger partial charge in [0.2, 0.25) is 0 Å². The number of piperidine rings is 1. The van der Waals surface area contributed by atoms with Gasteiger partial charge in [0, 0.05) is 54.3 Å². The van der Waals surface area contributed by atoms with E-state index in [0.717, 1.165) is 51.7 Å². The van der Waals surface area contributed by atoms with E-state index in [2.05, 4.69) is 60.0 Å². The maximum Gasteiger partial charge on any atom is 0.253 e. The zero-order valence-electron chi connectivity index (χ0n) is 23.9. The van der Waals surface area contributed by atoms with Crippen molar-refractivity contribution < 1.29 is 9.18 Å². The van der Waals surface area contributed by atoms with Crippen LogP contribution in [0.4, 0.5) is 4.39 Å². The number of hydrogen-bond donors (Lipinski definition) is 0. The molecule has 1 fully saturated rings. The van der Waals surface area contributed by atoms with Gasteiger partial charge in [-0.3, -0.25) is 4.79 Å². The first-order chi connectivity index (χ1) is 20.5. The van der Waals surface area contributed by atoms with Crippen LogP contribution in [0.15, 0.2) is 103 Å². The molecule has 1 aliphatic rings. The van der Waals surface area contributed by atoms with Crippen molar-refractivity contribution >= 4 is 27.8 Å². The Morgan fingerprint density at radius 3 is 2.43 bits per heavy atom. The van der Waals surface area contributed by atoms with Crippen LogP contribution >= 0.6 is 0 Å². The van der Waals surface area contributed by atoms with Gasteiger partial charge in [-0.15, -0.1) is 0 Å². The summed E-state index contributed by atoms with van der Waals surface area (Å²) in [6.07, 6.45) is 3.74. The maximum absolute atomic E-state index is 13.9. The number of aromatic nitrogens is 3. The third-order valence-corrected chi connectivity index (χ3v) is 8.81. The van der Waals surface area contributed by atoms with Crippen molar-refractivity contribution in [2.75, 3.05) is 13.1 Å². The van der Waals surface area contributed by atoms with Crippen LogP contribution in [-0.2, 0) is 7.05 Å². The number of amides is 1. The van der Waals surface area contributed by atoms with Gasteiger partial charge in [-0.2, -0.15) is 0 Å². The highest BCUT2D eigenvalue weighted by molar-refractivity contribution is 6.02. The second-order valence-electron chi connectivity index (χ2n) is 11.4. The molecule has 1 aliphatic heterocycles. The molecule has 0 spiro atoms. The molecule has 0 saturated carbocycles. The fourth-order valence-corrected chi connectivity index (χ4v) is 6.57. The Morgan fingerprint density at radius 2 is 1.64 bits per heavy atom. The summed E-state index contributed by atoms with van der Waals surface area (Å²) in [5.41, 5.74) is 6.84. The lowest BCUT2D eigenvalue weighted by molar-refractivity contribution is 0.0710. The fraction of sp³-hybridized carbons (Fsp3) is 0.222. The van der Waals surface area contributed by atoms with Gasteiger partial charge in [-0.1, -0.05) is 60.7 Å². The number of nitrogens with zero attached hydrogens (tertiary/aromatic N) is 4. The molecule has 5 nitrogen and oxygen atoms in total. The van der Waals surface area contributed by atoms with E-state index >= 15 is 0 Å². The van der Waals surface area contributed by atoms with Gasteiger partial charge >= 0.3 is 0 Å². The third kappa shape index (κ3) is 4.57. The average Bonchev–Trinajstić information content (AvgIpc) is 3.58. The smallest absolute Gasteiger partial charge is 0.253 e. The van der Waals surface area contributed by atoms with Crippen molar-refractivity contribution in [3.05, 3.63) is 126 Å². The number of carbonyl (C=O) groups excluding carboxylic acids is 1. The van der Waals surface area contributed by atoms with Crippen molar-refractivity contribution in [2.45, 2.75) is 31.7 Å². The Hall–Kier alpha value is -4.71. The molecule has 0 radical (unpaired) electrons. The average molecular weight is 557 g/mol. The molecule has 3 heterocycles. The Labute approximate surface area is 244 Å². The van der Waals surface area contributed by atoms with E-state index in [-0.39, 0.29) is 23.7 Å². The lowest BCUT2D eigenvalue weighted by Crippen LogP contribution is -2.38. The monoisotopic (exact) mass is 556 g/mol. The number of aryl methyl sites for hydroxylation is 1. The first-order valence-electron chi connectivity index (χ1n) is 14.6. The molecule has 1 atom stereocenters. The minimum absolute atomic E-state index is 0.0509. The number of carbonyl (C=O) groups is 1. The zero-order valence-corrected chi connectivity index (χ0v) is 23.9. The normalized spacial score (nSPS) is 15.0. The molecule has 6 heteroatoms. The molecule has 0 bridgehead atoms. The van der Waals surface area contributed by atoms with Gasteiger partial charge in [0.1, 0.15) is 11.6 Å². The number of imidazole rings is 1. The number of likely N-dealkylation sites (tertiary alicyclic amines) is 1. The van der Waals surface area contributed by atoms with Crippen LogP contribution in [0.2, 0.25) is 0 Å². The lowest BCUT2D eigenvalue weighted by Gasteiger charge is -2.33. The van der Waals surface area contributed by atoms with Gasteiger partial charge in [0.15, 0.2) is 0 Å². The van der Waals surface area contributed by atoms with E-state index in [0.29, 0.717) is 18.7 Å². The minimum Gasteiger partial charge on any atom is -0.350 e. The fourth-order valence-electron chi connectivity index (χ4n) is 6.57. The Morgan fingerprint density at radius 1 is 0.881 bits per heavy atom. The molecule has 0 aliphatic carbocycles. The van der Waals surface area contributed by atoms with Crippen molar-refractivity contribution in [1.29, 1.82) is 0 Å². The van der Waals surface area contributed by atoms with E-state index < -0.39 is 0 Å². The predicted octanol–water partition coefficient (Wildman–Crippen LogP) is 7.96. The molecular weight excluding hydrogens is 523 g/mol. The van der Waals surface area contributed by atoms with Crippen molar-refractivity contribution in [2.24, 2.45) is 7.05 Å². The predicted molar refractivity (Wildman–Crippen MR) is 166 cm³/mol. The van der Waals surface area contributed by atoms with Crippen LogP contribution in [0.5, 0.6) is 0 Å². The van der Waals surface area contributed by atoms with E-state index in [1.165, 1.54) is 11.6 Å². The largest absolute Gasteiger partial charge is 0.350 e. The highest BCUT2D eigenvalue weighted by Gasteiger charge is 2.30. The number of para-hydroxylation sites is 2. The van der Waals surface area contributed by atoms with Gasteiger partial charge in [-0.25, -0.2) is 9.37 Å². The van der Waals surface area contributed by atoms with E-state index in [1.807, 2.05) is 53.0 Å². The standard InChI is InChI=1S/C36H33FN4O/c1-24(25-9-4-3-5-10-25)41-33-14-7-6-13-32(33)38-35(41)26-17-19-40(20-18-26)36(42)28-15-16-30-31(23-39(2)34(30)22-28)27-11-8-12-29(37)21-27/h3-16,21-24,26H,17-20H2,1-2H3. The SMILES string of the molecule is CC(c1ccccc1)n1c(C2CCN(C(=O)c3ccc4c(-c5cccc(F)c5)cn(C)c4c3)CC2)nc2ccccc21. The van der Waals surface area contributed by atoms with Crippen LogP contribution in [0.3, 0.4) is 0 Å². The van der Waals surface area contributed by atoms with Crippen LogP contribution < -0.4 is 0 Å². The summed E-state index contributed by atoms with van der Waals surface area (Å²) >= 11 is 0. The molecular formula is C36H33FN4O. The van der Waals surface area contributed by atoms with Gasteiger partial charge in [-0.05, 0) is 67.3 Å². The quantitative estimate of drug-likeness (QED) is 0.216. The highest BCUT2D eigenvalue weighted by atomic mass is 19.1. The number of fused-ring (bicyclic) bond motifs is 2. The third-order valence-electron chi connectivity index (χ3n) is 8.81. The summed E-state index contributed by atoms with van der Waals surface area (Å²) in [4.78, 5) is 20.8. The lowest BCUT2D eigenvalue weighted by atomic mass is 9.94. The summed E-state index contributed by atoms with van der Waals surface area (Å²) in [5.74, 6) is 1.17. The maximum atomic E-state index is 13.9. The molecule has 7 rings (SSSR count). The van der Waals surface area contributed by atoms with E-state index in [9.17, 15) is 9.18 Å². The molecule has 1 amide bonds. The van der Waals surface area contributed by atoms with Gasteiger partial charge in [0.25, 0.3) is 5.91 Å². The van der Waals surface area contributed by atoms with Gasteiger partial charge < -0.3 is 14.0 Å². The Bertz CT molecular complexity index is 1910. The Balaban J connectivity index is 1.13. The van der Waals surface area contributed by atoms with Crippen LogP contribution in [-0.4, -0.2) is 38.0 Å². The molecule has 1 unspecified atom stereocenters. The van der Waals surface area contributed by atoms with Gasteiger partial charge in [0.05, 0.1) is 17.1 Å². The van der Waals surface area contributed by atoms with E-state index in [1.54, 1.807) is 12.1 Å². The first kappa shape index (κ1) is 26.2. The second-order valence-corrected chi connectivity index (χ2v) is 11.4. The van der Waals surface area contributed by atoms with Crippen LogP contribution in [0.1, 0.15) is 53.5 Å². The molecule has 6 aromatic rings. The summed E-state index contributed by atoms with van der Waals surface area (Å²) in [7, 11) is 1.97.